The molecule has 3 rings (SSSR count). The molecule has 1 N–H and O–H groups in total. The van der Waals surface area contributed by atoms with Crippen molar-refractivity contribution in [3.05, 3.63) is 29.3 Å². The molecule has 0 spiro atoms. The second-order valence-corrected chi connectivity index (χ2v) is 6.06. The van der Waals surface area contributed by atoms with E-state index in [0.29, 0.717) is 11.8 Å². The first-order valence-electron chi connectivity index (χ1n) is 7.91. The average Bonchev–Trinajstić information content (AvgIpc) is 2.39. The minimum Gasteiger partial charge on any atom is -0.508 e. The molecule has 1 atom stereocenters. The van der Waals surface area contributed by atoms with Gasteiger partial charge in [0.1, 0.15) is 5.75 Å². The molecule has 0 amide bonds. The Labute approximate surface area is 116 Å². The zero-order valence-electron chi connectivity index (χ0n) is 11.8. The van der Waals surface area contributed by atoms with Gasteiger partial charge in [0.25, 0.3) is 0 Å². The van der Waals surface area contributed by atoms with Gasteiger partial charge in [-0.3, -0.25) is 4.90 Å². The van der Waals surface area contributed by atoms with Crippen LogP contribution in [0.5, 0.6) is 5.75 Å². The predicted molar refractivity (Wildman–Crippen MR) is 78.4 cm³/mol. The lowest BCUT2D eigenvalue weighted by molar-refractivity contribution is 0.162. The molecule has 0 saturated carbocycles. The van der Waals surface area contributed by atoms with Gasteiger partial charge in [-0.2, -0.15) is 0 Å². The first-order valence-corrected chi connectivity index (χ1v) is 7.91. The molecule has 2 heteroatoms. The molecule has 1 aromatic rings. The second-order valence-electron chi connectivity index (χ2n) is 6.06. The predicted octanol–water partition coefficient (Wildman–Crippen LogP) is 4.04. The number of nitrogens with zero attached hydrogens (tertiary/aromatic N) is 1. The van der Waals surface area contributed by atoms with Crippen LogP contribution in [0.15, 0.2) is 18.2 Å². The number of phenolic OH excluding ortho intramolecular Hbond substituents is 1. The molecule has 2 nitrogen and oxygen atoms in total. The molecule has 1 aliphatic carbocycles. The summed E-state index contributed by atoms with van der Waals surface area (Å²) in [5, 5.41) is 10.1. The van der Waals surface area contributed by atoms with Crippen molar-refractivity contribution in [3.63, 3.8) is 0 Å². The standard InChI is InChI=1S/C17H25NO/c19-17-11-7-8-14-15(17)9-6-10-16(14)18-12-4-2-1-3-5-13-18/h7-8,11,16,19H,1-6,9-10,12-13H2. The highest BCUT2D eigenvalue weighted by molar-refractivity contribution is 5.42. The van der Waals surface area contributed by atoms with Crippen molar-refractivity contribution >= 4 is 0 Å². The first-order chi connectivity index (χ1) is 9.36. The Bertz CT molecular complexity index is 421. The fourth-order valence-corrected chi connectivity index (χ4v) is 3.77. The Balaban J connectivity index is 1.83. The smallest absolute Gasteiger partial charge is 0.119 e. The number of aromatic hydroxyl groups is 1. The number of benzene rings is 1. The SMILES string of the molecule is Oc1cccc2c1CCCC2N1CCCCCCC1. The van der Waals surface area contributed by atoms with Crippen LogP contribution >= 0.6 is 0 Å². The Morgan fingerprint density at radius 1 is 0.947 bits per heavy atom. The van der Waals surface area contributed by atoms with E-state index in [1.165, 1.54) is 69.2 Å². The van der Waals surface area contributed by atoms with Gasteiger partial charge in [0.05, 0.1) is 0 Å². The maximum Gasteiger partial charge on any atom is 0.119 e. The second kappa shape index (κ2) is 5.96. The highest BCUT2D eigenvalue weighted by Gasteiger charge is 2.27. The fraction of sp³-hybridized carbons (Fsp3) is 0.647. The highest BCUT2D eigenvalue weighted by Crippen LogP contribution is 2.38. The molecule has 1 fully saturated rings. The lowest BCUT2D eigenvalue weighted by atomic mass is 9.85. The van der Waals surface area contributed by atoms with E-state index >= 15 is 0 Å². The number of likely N-dealkylation sites (tertiary alicyclic amines) is 1. The molecule has 2 aliphatic rings. The molecule has 1 saturated heterocycles. The average molecular weight is 259 g/mol. The zero-order valence-corrected chi connectivity index (χ0v) is 11.8. The molecule has 1 aliphatic heterocycles. The van der Waals surface area contributed by atoms with Crippen molar-refractivity contribution in [1.29, 1.82) is 0 Å². The minimum atomic E-state index is 0.509. The molecule has 0 bridgehead atoms. The molecule has 0 aromatic heterocycles. The van der Waals surface area contributed by atoms with E-state index in [1.54, 1.807) is 0 Å². The van der Waals surface area contributed by atoms with Crippen LogP contribution in [0, 0.1) is 0 Å². The van der Waals surface area contributed by atoms with Gasteiger partial charge in [0.15, 0.2) is 0 Å². The number of fused-ring (bicyclic) bond motifs is 1. The number of hydrogen-bond donors (Lipinski definition) is 1. The van der Waals surface area contributed by atoms with Crippen LogP contribution in [0.3, 0.4) is 0 Å². The van der Waals surface area contributed by atoms with E-state index in [2.05, 4.69) is 11.0 Å². The molecular formula is C17H25NO. The van der Waals surface area contributed by atoms with Crippen LogP contribution in [-0.4, -0.2) is 23.1 Å². The quantitative estimate of drug-likeness (QED) is 0.823. The molecule has 1 aromatic carbocycles. The summed E-state index contributed by atoms with van der Waals surface area (Å²) in [5.41, 5.74) is 2.60. The van der Waals surface area contributed by atoms with Crippen LogP contribution < -0.4 is 0 Å². The zero-order chi connectivity index (χ0) is 13.1. The van der Waals surface area contributed by atoms with Gasteiger partial charge in [0, 0.05) is 6.04 Å². The van der Waals surface area contributed by atoms with E-state index in [-0.39, 0.29) is 0 Å². The third kappa shape index (κ3) is 2.79. The van der Waals surface area contributed by atoms with E-state index in [4.69, 9.17) is 0 Å². The first kappa shape index (κ1) is 13.0. The summed E-state index contributed by atoms with van der Waals surface area (Å²) in [7, 11) is 0. The monoisotopic (exact) mass is 259 g/mol. The van der Waals surface area contributed by atoms with Crippen molar-refractivity contribution < 1.29 is 5.11 Å². The van der Waals surface area contributed by atoms with E-state index in [0.717, 1.165) is 6.42 Å². The van der Waals surface area contributed by atoms with Crippen LogP contribution in [0.4, 0.5) is 0 Å². The largest absolute Gasteiger partial charge is 0.508 e. The lowest BCUT2D eigenvalue weighted by Gasteiger charge is -2.37. The van der Waals surface area contributed by atoms with Crippen molar-refractivity contribution in [3.8, 4) is 5.75 Å². The summed E-state index contributed by atoms with van der Waals surface area (Å²) in [5.74, 6) is 0.509. The van der Waals surface area contributed by atoms with Crippen molar-refractivity contribution in [1.82, 2.24) is 4.90 Å². The Hall–Kier alpha value is -1.02. The van der Waals surface area contributed by atoms with Crippen molar-refractivity contribution in [2.75, 3.05) is 13.1 Å². The summed E-state index contributed by atoms with van der Waals surface area (Å²) in [6, 6.07) is 6.64. The van der Waals surface area contributed by atoms with Gasteiger partial charge < -0.3 is 5.11 Å². The third-order valence-electron chi connectivity index (χ3n) is 4.78. The maximum absolute atomic E-state index is 10.1. The number of hydrogen-bond acceptors (Lipinski definition) is 2. The summed E-state index contributed by atoms with van der Waals surface area (Å²) in [4.78, 5) is 2.68. The Morgan fingerprint density at radius 3 is 2.47 bits per heavy atom. The van der Waals surface area contributed by atoms with Crippen molar-refractivity contribution in [2.45, 2.75) is 57.4 Å². The summed E-state index contributed by atoms with van der Waals surface area (Å²) < 4.78 is 0. The molecular weight excluding hydrogens is 234 g/mol. The molecule has 104 valence electrons. The van der Waals surface area contributed by atoms with E-state index < -0.39 is 0 Å². The number of rotatable bonds is 1. The summed E-state index contributed by atoms with van der Waals surface area (Å²) >= 11 is 0. The van der Waals surface area contributed by atoms with Crippen LogP contribution in [0.1, 0.15) is 62.1 Å². The van der Waals surface area contributed by atoms with Crippen LogP contribution in [0.25, 0.3) is 0 Å². The minimum absolute atomic E-state index is 0.509. The lowest BCUT2D eigenvalue weighted by Crippen LogP contribution is -2.33. The summed E-state index contributed by atoms with van der Waals surface area (Å²) in [6.07, 6.45) is 10.4. The molecule has 19 heavy (non-hydrogen) atoms. The molecule has 1 heterocycles. The van der Waals surface area contributed by atoms with Gasteiger partial charge in [0.2, 0.25) is 0 Å². The maximum atomic E-state index is 10.1. The molecule has 1 unspecified atom stereocenters. The van der Waals surface area contributed by atoms with Crippen molar-refractivity contribution in [2.24, 2.45) is 0 Å². The van der Waals surface area contributed by atoms with Crippen LogP contribution in [-0.2, 0) is 6.42 Å². The van der Waals surface area contributed by atoms with Gasteiger partial charge in [-0.25, -0.2) is 0 Å². The van der Waals surface area contributed by atoms with Gasteiger partial charge in [-0.15, -0.1) is 0 Å². The normalized spacial score (nSPS) is 25.4. The van der Waals surface area contributed by atoms with E-state index in [9.17, 15) is 5.11 Å². The van der Waals surface area contributed by atoms with Gasteiger partial charge in [-0.1, -0.05) is 31.4 Å². The Morgan fingerprint density at radius 2 is 1.68 bits per heavy atom. The van der Waals surface area contributed by atoms with Gasteiger partial charge >= 0.3 is 0 Å². The number of phenols is 1. The van der Waals surface area contributed by atoms with Crippen LogP contribution in [0.2, 0.25) is 0 Å². The highest BCUT2D eigenvalue weighted by atomic mass is 16.3. The molecule has 0 radical (unpaired) electrons. The topological polar surface area (TPSA) is 23.5 Å². The Kier molecular flexibility index (Phi) is 4.07. The van der Waals surface area contributed by atoms with Gasteiger partial charge in [-0.05, 0) is 62.4 Å². The fourth-order valence-electron chi connectivity index (χ4n) is 3.77. The summed E-state index contributed by atoms with van der Waals surface area (Å²) in [6.45, 7) is 2.47. The van der Waals surface area contributed by atoms with E-state index in [1.807, 2.05) is 12.1 Å². The third-order valence-corrected chi connectivity index (χ3v) is 4.78.